The molecule has 4 nitrogen and oxygen atoms in total. The van der Waals surface area contributed by atoms with Gasteiger partial charge in [-0.15, -0.1) is 11.3 Å². The van der Waals surface area contributed by atoms with Gasteiger partial charge in [-0.1, -0.05) is 13.0 Å². The van der Waals surface area contributed by atoms with Gasteiger partial charge in [-0.25, -0.2) is 9.78 Å². The molecule has 17 heavy (non-hydrogen) atoms. The third-order valence-corrected chi connectivity index (χ3v) is 3.48. The first-order valence-electron chi connectivity index (χ1n) is 5.54. The van der Waals surface area contributed by atoms with Crippen LogP contribution in [-0.2, 0) is 11.3 Å². The summed E-state index contributed by atoms with van der Waals surface area (Å²) in [6.07, 6.45) is 2.33. The van der Waals surface area contributed by atoms with Crippen LogP contribution >= 0.6 is 11.3 Å². The largest absolute Gasteiger partial charge is 0.478 e. The number of hydrogen-bond acceptors (Lipinski definition) is 4. The van der Waals surface area contributed by atoms with Crippen molar-refractivity contribution in [3.8, 4) is 0 Å². The first kappa shape index (κ1) is 13.9. The highest BCUT2D eigenvalue weighted by molar-refractivity contribution is 7.09. The minimum absolute atomic E-state index is 0.470. The maximum absolute atomic E-state index is 10.8. The van der Waals surface area contributed by atoms with Gasteiger partial charge in [0.05, 0.1) is 11.2 Å². The zero-order valence-electron chi connectivity index (χ0n) is 10.4. The van der Waals surface area contributed by atoms with E-state index < -0.39 is 5.97 Å². The summed E-state index contributed by atoms with van der Waals surface area (Å²) in [7, 11) is 1.98. The van der Waals surface area contributed by atoms with Crippen molar-refractivity contribution in [2.24, 2.45) is 0 Å². The maximum atomic E-state index is 10.8. The van der Waals surface area contributed by atoms with Crippen LogP contribution < -0.4 is 0 Å². The number of hydrogen-bond donors (Lipinski definition) is 1. The standard InChI is InChI=1S/C12H18N2O2S/c1-4-10(12(15)16)5-6-14(3)7-11-9(2)13-8-17-11/h5,8H,4,6-7H2,1-3H3,(H,15,16). The maximum Gasteiger partial charge on any atom is 0.331 e. The van der Waals surface area contributed by atoms with Gasteiger partial charge in [-0.3, -0.25) is 4.90 Å². The van der Waals surface area contributed by atoms with Gasteiger partial charge in [-0.05, 0) is 20.4 Å². The molecule has 0 aliphatic rings. The molecule has 0 saturated carbocycles. The number of rotatable bonds is 6. The zero-order valence-corrected chi connectivity index (χ0v) is 11.3. The fourth-order valence-electron chi connectivity index (χ4n) is 1.44. The molecule has 1 aromatic rings. The predicted octanol–water partition coefficient (Wildman–Crippen LogP) is 2.30. The molecular formula is C12H18N2O2S. The number of aromatic nitrogens is 1. The molecule has 0 amide bonds. The van der Waals surface area contributed by atoms with Crippen LogP contribution in [0.3, 0.4) is 0 Å². The van der Waals surface area contributed by atoms with E-state index in [1.54, 1.807) is 17.4 Å². The Balaban J connectivity index is 2.53. The normalized spacial score (nSPS) is 12.1. The molecule has 0 saturated heterocycles. The minimum Gasteiger partial charge on any atom is -0.478 e. The van der Waals surface area contributed by atoms with E-state index >= 15 is 0 Å². The van der Waals surface area contributed by atoms with Crippen LogP contribution in [0, 0.1) is 6.92 Å². The summed E-state index contributed by atoms with van der Waals surface area (Å²) in [5.41, 5.74) is 3.36. The van der Waals surface area contributed by atoms with Crippen molar-refractivity contribution < 1.29 is 9.90 Å². The molecule has 0 spiro atoms. The lowest BCUT2D eigenvalue weighted by Crippen LogP contribution is -2.18. The van der Waals surface area contributed by atoms with Crippen LogP contribution in [-0.4, -0.2) is 34.6 Å². The molecule has 0 aromatic carbocycles. The van der Waals surface area contributed by atoms with Crippen molar-refractivity contribution in [2.75, 3.05) is 13.6 Å². The first-order chi connectivity index (χ1) is 8.04. The summed E-state index contributed by atoms with van der Waals surface area (Å²) in [6, 6.07) is 0. The Hall–Kier alpha value is -1.20. The molecule has 5 heteroatoms. The number of carboxylic acid groups (broad SMARTS) is 1. The minimum atomic E-state index is -0.824. The van der Waals surface area contributed by atoms with Gasteiger partial charge >= 0.3 is 5.97 Å². The van der Waals surface area contributed by atoms with E-state index in [0.29, 0.717) is 18.5 Å². The molecule has 0 bridgehead atoms. The fourth-order valence-corrected chi connectivity index (χ4v) is 2.29. The van der Waals surface area contributed by atoms with Crippen LogP contribution in [0.25, 0.3) is 0 Å². The van der Waals surface area contributed by atoms with Crippen molar-refractivity contribution >= 4 is 17.3 Å². The summed E-state index contributed by atoms with van der Waals surface area (Å²) in [6.45, 7) is 5.30. The van der Waals surface area contributed by atoms with Crippen LogP contribution in [0.15, 0.2) is 17.2 Å². The number of thiazole rings is 1. The summed E-state index contributed by atoms with van der Waals surface area (Å²) in [5.74, 6) is -0.824. The lowest BCUT2D eigenvalue weighted by Gasteiger charge is -2.13. The Morgan fingerprint density at radius 2 is 2.35 bits per heavy atom. The topological polar surface area (TPSA) is 53.4 Å². The Bertz CT molecular complexity index is 412. The van der Waals surface area contributed by atoms with Crippen LogP contribution in [0.4, 0.5) is 0 Å². The molecule has 1 aromatic heterocycles. The van der Waals surface area contributed by atoms with Gasteiger partial charge in [0.25, 0.3) is 0 Å². The summed E-state index contributed by atoms with van der Waals surface area (Å²) >= 11 is 1.63. The lowest BCUT2D eigenvalue weighted by atomic mass is 10.2. The molecule has 0 aliphatic heterocycles. The monoisotopic (exact) mass is 254 g/mol. The van der Waals surface area contributed by atoms with E-state index in [1.807, 2.05) is 26.4 Å². The van der Waals surface area contributed by atoms with E-state index in [-0.39, 0.29) is 0 Å². The Labute approximate surface area is 106 Å². The van der Waals surface area contributed by atoms with E-state index in [4.69, 9.17) is 5.11 Å². The molecule has 1 rings (SSSR count). The molecule has 0 fully saturated rings. The van der Waals surface area contributed by atoms with Gasteiger partial charge in [0.2, 0.25) is 0 Å². The molecule has 0 aliphatic carbocycles. The lowest BCUT2D eigenvalue weighted by molar-refractivity contribution is -0.132. The van der Waals surface area contributed by atoms with Crippen LogP contribution in [0.5, 0.6) is 0 Å². The first-order valence-corrected chi connectivity index (χ1v) is 6.42. The van der Waals surface area contributed by atoms with Gasteiger partial charge in [0.1, 0.15) is 0 Å². The highest BCUT2D eigenvalue weighted by Crippen LogP contribution is 2.14. The smallest absolute Gasteiger partial charge is 0.331 e. The number of carbonyl (C=O) groups is 1. The Kier molecular flexibility index (Phi) is 5.31. The SMILES string of the molecule is CCC(=CCN(C)Cc1scnc1C)C(=O)O. The Morgan fingerprint density at radius 3 is 2.82 bits per heavy atom. The zero-order chi connectivity index (χ0) is 12.8. The average Bonchev–Trinajstić information content (AvgIpc) is 2.65. The second-order valence-corrected chi connectivity index (χ2v) is 4.89. The van der Waals surface area contributed by atoms with Crippen LogP contribution in [0.1, 0.15) is 23.9 Å². The van der Waals surface area contributed by atoms with Crippen molar-refractivity contribution in [3.05, 3.63) is 27.7 Å². The number of aryl methyl sites for hydroxylation is 1. The Morgan fingerprint density at radius 1 is 1.65 bits per heavy atom. The van der Waals surface area contributed by atoms with E-state index in [0.717, 1.165) is 12.2 Å². The summed E-state index contributed by atoms with van der Waals surface area (Å²) in [5, 5.41) is 8.89. The molecule has 0 atom stereocenters. The molecule has 1 N–H and O–H groups in total. The molecule has 94 valence electrons. The van der Waals surface area contributed by atoms with E-state index in [1.165, 1.54) is 4.88 Å². The van der Waals surface area contributed by atoms with Gasteiger partial charge in [0, 0.05) is 23.5 Å². The van der Waals surface area contributed by atoms with E-state index in [2.05, 4.69) is 9.88 Å². The number of likely N-dealkylation sites (N-methyl/N-ethyl adjacent to an activating group) is 1. The fraction of sp³-hybridized carbons (Fsp3) is 0.500. The summed E-state index contributed by atoms with van der Waals surface area (Å²) in [4.78, 5) is 18.3. The number of nitrogens with zero attached hydrogens (tertiary/aromatic N) is 2. The van der Waals surface area contributed by atoms with Crippen molar-refractivity contribution in [2.45, 2.75) is 26.8 Å². The van der Waals surface area contributed by atoms with E-state index in [9.17, 15) is 4.79 Å². The number of carboxylic acids is 1. The van der Waals surface area contributed by atoms with Gasteiger partial charge in [0.15, 0.2) is 0 Å². The number of aliphatic carboxylic acids is 1. The average molecular weight is 254 g/mol. The van der Waals surface area contributed by atoms with Gasteiger partial charge in [-0.2, -0.15) is 0 Å². The highest BCUT2D eigenvalue weighted by atomic mass is 32.1. The second kappa shape index (κ2) is 6.51. The van der Waals surface area contributed by atoms with Gasteiger partial charge < -0.3 is 5.11 Å². The van der Waals surface area contributed by atoms with Crippen molar-refractivity contribution in [1.82, 2.24) is 9.88 Å². The summed E-state index contributed by atoms with van der Waals surface area (Å²) < 4.78 is 0. The van der Waals surface area contributed by atoms with Crippen molar-refractivity contribution in [3.63, 3.8) is 0 Å². The molecule has 0 unspecified atom stereocenters. The molecule has 0 radical (unpaired) electrons. The van der Waals surface area contributed by atoms with Crippen LogP contribution in [0.2, 0.25) is 0 Å². The predicted molar refractivity (Wildman–Crippen MR) is 69.2 cm³/mol. The highest BCUT2D eigenvalue weighted by Gasteiger charge is 2.07. The molecular weight excluding hydrogens is 236 g/mol. The second-order valence-electron chi connectivity index (χ2n) is 3.95. The quantitative estimate of drug-likeness (QED) is 0.791. The third kappa shape index (κ3) is 4.28. The third-order valence-electron chi connectivity index (χ3n) is 2.56. The van der Waals surface area contributed by atoms with Crippen molar-refractivity contribution in [1.29, 1.82) is 0 Å². The molecule has 1 heterocycles.